The molecule has 0 spiro atoms. The Labute approximate surface area is 216 Å². The second-order valence-electron chi connectivity index (χ2n) is 12.3. The quantitative estimate of drug-likeness (QED) is 0.542. The summed E-state index contributed by atoms with van der Waals surface area (Å²) in [5.74, 6) is 0.0485. The molecule has 1 amide bonds. The molecular weight excluding hydrogens is 453 g/mol. The van der Waals surface area contributed by atoms with Crippen LogP contribution in [0.1, 0.15) is 85.8 Å². The van der Waals surface area contributed by atoms with Crippen LogP contribution in [0.2, 0.25) is 0 Å². The van der Waals surface area contributed by atoms with Crippen molar-refractivity contribution in [2.45, 2.75) is 103 Å². The van der Waals surface area contributed by atoms with Crippen molar-refractivity contribution in [2.24, 2.45) is 5.92 Å². The molecule has 4 rings (SSSR count). The lowest BCUT2D eigenvalue weighted by Gasteiger charge is -2.42. The van der Waals surface area contributed by atoms with Crippen molar-refractivity contribution in [2.75, 3.05) is 6.54 Å². The summed E-state index contributed by atoms with van der Waals surface area (Å²) in [5, 5.41) is 10.7. The maximum absolute atomic E-state index is 13.5. The second-order valence-corrected chi connectivity index (χ2v) is 12.3. The number of hydrogen-bond acceptors (Lipinski definition) is 5. The molecule has 3 aliphatic rings. The summed E-state index contributed by atoms with van der Waals surface area (Å²) in [6.45, 7) is 14.4. The van der Waals surface area contributed by atoms with E-state index in [2.05, 4.69) is 12.2 Å². The lowest BCUT2D eigenvalue weighted by molar-refractivity contribution is -0.0838. The molecule has 196 valence electrons. The zero-order chi connectivity index (χ0) is 26.4. The van der Waals surface area contributed by atoms with Crippen LogP contribution in [0.15, 0.2) is 48.6 Å². The highest BCUT2D eigenvalue weighted by Gasteiger charge is 2.52. The van der Waals surface area contributed by atoms with E-state index in [1.54, 1.807) is 13.8 Å². The molecule has 2 saturated heterocycles. The van der Waals surface area contributed by atoms with E-state index in [4.69, 9.17) is 14.0 Å². The van der Waals surface area contributed by atoms with E-state index in [1.165, 1.54) is 0 Å². The maximum atomic E-state index is 13.5. The predicted molar refractivity (Wildman–Crippen MR) is 143 cm³/mol. The number of ether oxygens (including phenoxy) is 1. The lowest BCUT2D eigenvalue weighted by Crippen LogP contribution is -2.48. The highest BCUT2D eigenvalue weighted by molar-refractivity contribution is 6.62. The third-order valence-electron chi connectivity index (χ3n) is 8.32. The largest absolute Gasteiger partial charge is 0.494 e. The van der Waals surface area contributed by atoms with Crippen LogP contribution in [-0.4, -0.2) is 52.2 Å². The van der Waals surface area contributed by atoms with Gasteiger partial charge >= 0.3 is 13.2 Å². The first-order valence-corrected chi connectivity index (χ1v) is 13.2. The third-order valence-corrected chi connectivity index (χ3v) is 8.32. The maximum Gasteiger partial charge on any atom is 0.494 e. The van der Waals surface area contributed by atoms with Crippen molar-refractivity contribution in [3.63, 3.8) is 0 Å². The van der Waals surface area contributed by atoms with Gasteiger partial charge in [0.05, 0.1) is 22.8 Å². The number of aliphatic hydroxyl groups is 1. The summed E-state index contributed by atoms with van der Waals surface area (Å²) in [6.07, 6.45) is 10.7. The van der Waals surface area contributed by atoms with Crippen molar-refractivity contribution in [3.05, 3.63) is 54.1 Å². The van der Waals surface area contributed by atoms with Gasteiger partial charge < -0.3 is 24.1 Å². The molecule has 1 aromatic carbocycles. The Morgan fingerprint density at radius 3 is 2.31 bits per heavy atom. The molecule has 2 heterocycles. The zero-order valence-corrected chi connectivity index (χ0v) is 22.9. The number of carbonyl (C=O) groups is 1. The molecule has 3 atom stereocenters. The predicted octanol–water partition coefficient (Wildman–Crippen LogP) is 5.31. The average molecular weight is 495 g/mol. The molecule has 7 heteroatoms. The highest BCUT2D eigenvalue weighted by atomic mass is 16.7. The molecule has 1 N–H and O–H groups in total. The SMILES string of the molecule is C[C@@H](c1ccc(B2OC(C)(C)C(C)(C)O2)cc1)N1CCC[C@](CC(C)(C)O)(C2C=CC=CC2)OC1=O. The van der Waals surface area contributed by atoms with Gasteiger partial charge in [-0.15, -0.1) is 0 Å². The van der Waals surface area contributed by atoms with Gasteiger partial charge in [0.15, 0.2) is 0 Å². The molecule has 2 fully saturated rings. The number of hydrogen-bond donors (Lipinski definition) is 1. The number of rotatable bonds is 6. The topological polar surface area (TPSA) is 68.2 Å². The smallest absolute Gasteiger partial charge is 0.442 e. The van der Waals surface area contributed by atoms with Crippen molar-refractivity contribution in [1.82, 2.24) is 4.90 Å². The minimum absolute atomic E-state index is 0.0485. The van der Waals surface area contributed by atoms with Crippen molar-refractivity contribution in [3.8, 4) is 0 Å². The monoisotopic (exact) mass is 495 g/mol. The standard InChI is InChI=1S/C29H42BNO5/c1-21(22-14-16-24(17-15-22)30-35-27(4,5)28(6,7)36-30)31-19-11-18-29(34-25(31)32,20-26(2,3)33)23-12-9-8-10-13-23/h8-10,12,14-17,21,23,33H,11,13,18-20H2,1-7H3/t21-,23?,29-/m0/s1. The van der Waals surface area contributed by atoms with Gasteiger partial charge in [0.1, 0.15) is 5.60 Å². The normalized spacial score (nSPS) is 28.7. The Bertz CT molecular complexity index is 993. The molecule has 0 radical (unpaired) electrons. The van der Waals surface area contributed by atoms with Gasteiger partial charge in [-0.1, -0.05) is 48.6 Å². The van der Waals surface area contributed by atoms with Gasteiger partial charge in [-0.25, -0.2) is 4.79 Å². The molecule has 1 aromatic rings. The van der Waals surface area contributed by atoms with Crippen LogP contribution < -0.4 is 5.46 Å². The van der Waals surface area contributed by atoms with Crippen LogP contribution in [0, 0.1) is 5.92 Å². The minimum atomic E-state index is -0.945. The van der Waals surface area contributed by atoms with Crippen LogP contribution in [0.5, 0.6) is 0 Å². The summed E-state index contributed by atoms with van der Waals surface area (Å²) < 4.78 is 18.7. The van der Waals surface area contributed by atoms with E-state index in [0.29, 0.717) is 13.0 Å². The molecule has 0 bridgehead atoms. The van der Waals surface area contributed by atoms with Crippen LogP contribution in [0.3, 0.4) is 0 Å². The van der Waals surface area contributed by atoms with E-state index in [9.17, 15) is 9.90 Å². The molecule has 1 unspecified atom stereocenters. The minimum Gasteiger partial charge on any atom is -0.442 e. The summed E-state index contributed by atoms with van der Waals surface area (Å²) >= 11 is 0. The fraction of sp³-hybridized carbons (Fsp3) is 0.621. The number of allylic oxidation sites excluding steroid dienone is 3. The first-order chi connectivity index (χ1) is 16.7. The molecule has 0 saturated carbocycles. The molecule has 2 aliphatic heterocycles. The Balaban J connectivity index is 1.51. The Morgan fingerprint density at radius 2 is 1.75 bits per heavy atom. The van der Waals surface area contributed by atoms with E-state index < -0.39 is 29.5 Å². The molecule has 6 nitrogen and oxygen atoms in total. The van der Waals surface area contributed by atoms with Crippen LogP contribution >= 0.6 is 0 Å². The molecule has 0 aromatic heterocycles. The number of amides is 1. The average Bonchev–Trinajstić information content (AvgIpc) is 2.91. The second kappa shape index (κ2) is 9.66. The summed E-state index contributed by atoms with van der Waals surface area (Å²) in [7, 11) is -0.414. The van der Waals surface area contributed by atoms with Gasteiger partial charge in [-0.05, 0) is 78.8 Å². The Hall–Kier alpha value is -2.09. The van der Waals surface area contributed by atoms with Gasteiger partial charge in [0, 0.05) is 18.9 Å². The number of benzene rings is 1. The fourth-order valence-electron chi connectivity index (χ4n) is 5.59. The molecule has 1 aliphatic carbocycles. The summed E-state index contributed by atoms with van der Waals surface area (Å²) in [4.78, 5) is 15.3. The van der Waals surface area contributed by atoms with Crippen molar-refractivity contribution in [1.29, 1.82) is 0 Å². The lowest BCUT2D eigenvalue weighted by atomic mass is 9.73. The summed E-state index contributed by atoms with van der Waals surface area (Å²) in [5.41, 5.74) is -0.464. The van der Waals surface area contributed by atoms with E-state index >= 15 is 0 Å². The van der Waals surface area contributed by atoms with Crippen molar-refractivity contribution < 1.29 is 23.9 Å². The van der Waals surface area contributed by atoms with E-state index in [0.717, 1.165) is 30.3 Å². The highest BCUT2D eigenvalue weighted by Crippen LogP contribution is 2.42. The zero-order valence-electron chi connectivity index (χ0n) is 22.9. The number of cyclic esters (lactones) is 1. The number of nitrogens with zero attached hydrogens (tertiary/aromatic N) is 1. The number of carbonyl (C=O) groups excluding carboxylic acids is 1. The molecular formula is C29H42BNO5. The van der Waals surface area contributed by atoms with Gasteiger partial charge in [-0.2, -0.15) is 0 Å². The molecule has 36 heavy (non-hydrogen) atoms. The van der Waals surface area contributed by atoms with E-state index in [1.807, 2.05) is 75.9 Å². The van der Waals surface area contributed by atoms with E-state index in [-0.39, 0.29) is 18.1 Å². The first-order valence-electron chi connectivity index (χ1n) is 13.2. The van der Waals surface area contributed by atoms with Gasteiger partial charge in [0.2, 0.25) is 0 Å². The van der Waals surface area contributed by atoms with Crippen molar-refractivity contribution >= 4 is 18.7 Å². The fourth-order valence-corrected chi connectivity index (χ4v) is 5.59. The Morgan fingerprint density at radius 1 is 1.11 bits per heavy atom. The Kier molecular flexibility index (Phi) is 7.23. The van der Waals surface area contributed by atoms with Crippen LogP contribution in [-0.2, 0) is 14.0 Å². The van der Waals surface area contributed by atoms with Crippen LogP contribution in [0.4, 0.5) is 4.79 Å². The summed E-state index contributed by atoms with van der Waals surface area (Å²) in [6, 6.07) is 7.98. The van der Waals surface area contributed by atoms with Crippen LogP contribution in [0.25, 0.3) is 0 Å². The van der Waals surface area contributed by atoms with Gasteiger partial charge in [-0.3, -0.25) is 0 Å². The first kappa shape index (κ1) is 27.0. The van der Waals surface area contributed by atoms with Gasteiger partial charge in [0.25, 0.3) is 0 Å². The third kappa shape index (κ3) is 5.43.